The lowest BCUT2D eigenvalue weighted by atomic mass is 10.2. The van der Waals surface area contributed by atoms with E-state index in [9.17, 15) is 33.6 Å². The van der Waals surface area contributed by atoms with Crippen LogP contribution in [0.4, 0.5) is 4.79 Å². The van der Waals surface area contributed by atoms with Crippen LogP contribution in [0, 0.1) is 0 Å². The van der Waals surface area contributed by atoms with Crippen LogP contribution >= 0.6 is 12.4 Å². The van der Waals surface area contributed by atoms with Gasteiger partial charge in [-0.1, -0.05) is 89.5 Å². The topological polar surface area (TPSA) is 317 Å². The summed E-state index contributed by atoms with van der Waals surface area (Å²) >= 11 is 0. The molecule has 0 rings (SSSR count). The number of carbonyl (C=O) groups excluding carboxylic acids is 5. The molecule has 0 aromatic carbocycles. The van der Waals surface area contributed by atoms with Gasteiger partial charge in [-0.3, -0.25) is 38.6 Å². The number of amides is 3. The van der Waals surface area contributed by atoms with Gasteiger partial charge in [0.05, 0.1) is 32.5 Å². The number of rotatable bonds is 54. The zero-order chi connectivity index (χ0) is 87.5. The highest BCUT2D eigenvalue weighted by Crippen LogP contribution is 2.10. The molecule has 676 valence electrons. The van der Waals surface area contributed by atoms with Gasteiger partial charge >= 0.3 is 24.0 Å². The number of halogens is 1. The second kappa shape index (κ2) is 84.8. The van der Waals surface area contributed by atoms with Crippen LogP contribution in [0.5, 0.6) is 0 Å². The molecule has 0 aliphatic heterocycles. The highest BCUT2D eigenvalue weighted by Gasteiger charge is 2.21. The molecule has 0 aliphatic carbocycles. The summed E-state index contributed by atoms with van der Waals surface area (Å²) in [5.74, 6) is -1.94. The maximum absolute atomic E-state index is 12.4. The Bertz CT molecular complexity index is 2110. The molecule has 0 aliphatic rings. The number of nitrogens with two attached hydrogens (primary N) is 3. The number of Topliss-reactive ketones (excluding diaryl/α,β-unsaturated/α-hetero) is 1. The largest absolute Gasteiger partial charge is 0.481 e. The molecule has 0 aromatic heterocycles. The molecule has 30 nitrogen and oxygen atoms in total. The molecule has 0 aromatic rings. The van der Waals surface area contributed by atoms with Gasteiger partial charge in [0, 0.05) is 111 Å². The molecule has 0 spiro atoms. The lowest BCUT2D eigenvalue weighted by molar-refractivity contribution is -0.157. The molecular formula is C81H184ClN19O11. The standard InChI is InChI=1S/C17H36N4O3.C12H28N4O.C12H30N4.C11H24N2O.C11H26N2.C8H14O4.C6H16N2.C4H9NO2.ClH/c1-8-20(9-2)11-13-21(12-10-19(6)7)15(22)14-18-16(23)24-17(3,4)5;1-5-15(6-2)8-10-16(12(17)11-13)9-7-14(3)4;1-5-15(6-2)11-12-16(8-7-13)10-9-14(3)4;1-5-13(6-2)9-7-8-11(14)10-12(3)4;1-5-13(6-2)11-9-7-8-10-12(3)4;1-8(2,3)12-7(11)5-4-6(9)10;1-3-8(4-2)6-5-7;1-5(2)3-4(6)7;/h8-14H2,1-7H3,(H,18,23);5-11,13H2,1-4H3;5-13H2,1-4H3;5-10H2,1-4H3;5-11H2,1-4H3;4-5H2,1-3H3,(H,9,10);3-7H2,1-2H3;3H2,1-2H3,(H,6,7);1H. The summed E-state index contributed by atoms with van der Waals surface area (Å²) in [7, 11) is 23.8. The van der Waals surface area contributed by atoms with Crippen molar-refractivity contribution in [3.8, 4) is 0 Å². The van der Waals surface area contributed by atoms with Crippen molar-refractivity contribution in [2.24, 2.45) is 17.2 Å². The van der Waals surface area contributed by atoms with Crippen molar-refractivity contribution < 1.29 is 53.2 Å². The van der Waals surface area contributed by atoms with Crippen molar-refractivity contribution in [3.05, 3.63) is 0 Å². The number of unbranched alkanes of at least 4 members (excludes halogenated alkanes) is 2. The van der Waals surface area contributed by atoms with Crippen molar-refractivity contribution in [3.63, 3.8) is 0 Å². The number of aliphatic carboxylic acids is 2. The lowest BCUT2D eigenvalue weighted by Gasteiger charge is -2.28. The molecule has 112 heavy (non-hydrogen) atoms. The number of carboxylic acids is 2. The molecule has 0 atom stereocenters. The Hall–Kier alpha value is -4.06. The Morgan fingerprint density at radius 2 is 0.625 bits per heavy atom. The van der Waals surface area contributed by atoms with E-state index in [1.807, 2.05) is 57.0 Å². The van der Waals surface area contributed by atoms with Gasteiger partial charge in [0.15, 0.2) is 0 Å². The van der Waals surface area contributed by atoms with E-state index >= 15 is 0 Å². The number of alkyl carbamates (subject to hydrolysis) is 1. The quantitative estimate of drug-likeness (QED) is 0.0305. The van der Waals surface area contributed by atoms with E-state index in [2.05, 4.69) is 166 Å². The van der Waals surface area contributed by atoms with E-state index in [-0.39, 0.29) is 56.7 Å². The van der Waals surface area contributed by atoms with Crippen LogP contribution in [0.2, 0.25) is 0 Å². The normalized spacial score (nSPS) is 11.2. The maximum Gasteiger partial charge on any atom is 0.408 e. The fourth-order valence-electron chi connectivity index (χ4n) is 9.90. The molecule has 31 heteroatoms. The minimum atomic E-state index is -0.985. The van der Waals surface area contributed by atoms with Gasteiger partial charge in [-0.25, -0.2) is 4.79 Å². The van der Waals surface area contributed by atoms with E-state index < -0.39 is 35.2 Å². The summed E-state index contributed by atoms with van der Waals surface area (Å²) in [6.07, 6.45) is 4.98. The number of hydrogen-bond acceptors (Lipinski definition) is 25. The third-order valence-corrected chi connectivity index (χ3v) is 16.9. The summed E-state index contributed by atoms with van der Waals surface area (Å²) in [5.41, 5.74) is 15.3. The maximum atomic E-state index is 12.4. The van der Waals surface area contributed by atoms with E-state index in [0.29, 0.717) is 31.8 Å². The Morgan fingerprint density at radius 3 is 0.938 bits per heavy atom. The van der Waals surface area contributed by atoms with Crippen LogP contribution < -0.4 is 22.5 Å². The first-order valence-electron chi connectivity index (χ1n) is 41.6. The van der Waals surface area contributed by atoms with Gasteiger partial charge in [0.25, 0.3) is 0 Å². The number of carbonyl (C=O) groups is 7. The third kappa shape index (κ3) is 100. The van der Waals surface area contributed by atoms with Crippen molar-refractivity contribution in [1.29, 1.82) is 0 Å². The van der Waals surface area contributed by atoms with Crippen molar-refractivity contribution in [2.75, 3.05) is 314 Å². The number of likely N-dealkylation sites (N-methyl/N-ethyl adjacent to an activating group) is 9. The van der Waals surface area contributed by atoms with Crippen LogP contribution in [-0.2, 0) is 38.2 Å². The number of nitrogens with one attached hydrogen (secondary N) is 1. The number of esters is 1. The third-order valence-electron chi connectivity index (χ3n) is 16.9. The second-order valence-electron chi connectivity index (χ2n) is 30.7. The SMILES string of the molecule is CC(C)(C)OC(=O)CCC(=O)O.CCN(CC)CCCC(=O)CN(C)C.CCN(CC)CCCCCN(C)C.CCN(CC)CCN.CCN(CC)CCN(CCN(C)C)C(=O)CN.CCN(CC)CCN(CCN(C)C)C(=O)CNC(=O)OC(C)(C)C.CCN(CC)CCN(CCN)CCN(C)C.CN(C)CC(=O)O.Cl. The average Bonchev–Trinajstić information content (AvgIpc) is 0.908. The van der Waals surface area contributed by atoms with Crippen molar-refractivity contribution >= 4 is 54.0 Å². The predicted octanol–water partition coefficient (Wildman–Crippen LogP) is 5.90. The molecule has 0 radical (unpaired) electrons. The number of ether oxygens (including phenoxy) is 2. The fraction of sp³-hybridized carbons (Fsp3) is 0.914. The van der Waals surface area contributed by atoms with Gasteiger partial charge in [-0.15, -0.1) is 12.4 Å². The van der Waals surface area contributed by atoms with E-state index in [1.54, 1.807) is 65.4 Å². The molecule has 0 heterocycles. The number of hydrogen-bond donors (Lipinski definition) is 6. The summed E-state index contributed by atoms with van der Waals surface area (Å²) in [6.45, 7) is 68.3. The van der Waals surface area contributed by atoms with Crippen LogP contribution in [0.15, 0.2) is 0 Å². The summed E-state index contributed by atoms with van der Waals surface area (Å²) in [6, 6.07) is 0. The highest BCUT2D eigenvalue weighted by atomic mass is 35.5. The smallest absolute Gasteiger partial charge is 0.408 e. The Kier molecular flexibility index (Phi) is 95.5. The molecule has 3 amide bonds. The first kappa shape index (κ1) is 126. The molecular weight excluding hydrogens is 1450 g/mol. The minimum absolute atomic E-state index is 0. The molecule has 0 fully saturated rings. The molecule has 0 saturated heterocycles. The minimum Gasteiger partial charge on any atom is -0.481 e. The fourth-order valence-corrected chi connectivity index (χ4v) is 9.90. The van der Waals surface area contributed by atoms with Crippen LogP contribution in [-0.4, -0.2) is 450 Å². The highest BCUT2D eigenvalue weighted by molar-refractivity contribution is 5.85. The Labute approximate surface area is 694 Å². The van der Waals surface area contributed by atoms with Gasteiger partial charge in [-0.05, 0) is 244 Å². The van der Waals surface area contributed by atoms with Gasteiger partial charge in [0.1, 0.15) is 23.5 Å². The van der Waals surface area contributed by atoms with Crippen LogP contribution in [0.3, 0.4) is 0 Å². The first-order valence-corrected chi connectivity index (χ1v) is 41.6. The van der Waals surface area contributed by atoms with Gasteiger partial charge in [-0.2, -0.15) is 0 Å². The zero-order valence-corrected chi connectivity index (χ0v) is 78.9. The average molecular weight is 1640 g/mol. The van der Waals surface area contributed by atoms with Crippen molar-refractivity contribution in [2.45, 2.75) is 181 Å². The van der Waals surface area contributed by atoms with Gasteiger partial charge in [0.2, 0.25) is 11.8 Å². The molecule has 0 bridgehead atoms. The predicted molar refractivity (Wildman–Crippen MR) is 475 cm³/mol. The molecule has 0 saturated carbocycles. The van der Waals surface area contributed by atoms with E-state index in [0.717, 1.165) is 170 Å². The van der Waals surface area contributed by atoms with E-state index in [1.165, 1.54) is 45.4 Å². The summed E-state index contributed by atoms with van der Waals surface area (Å²) in [5, 5.41) is 18.8. The number of ketones is 1. The van der Waals surface area contributed by atoms with Crippen LogP contribution in [0.1, 0.15) is 170 Å². The monoisotopic (exact) mass is 1630 g/mol. The lowest BCUT2D eigenvalue weighted by Crippen LogP contribution is -2.46. The van der Waals surface area contributed by atoms with Crippen molar-refractivity contribution in [1.82, 2.24) is 78.8 Å². The summed E-state index contributed by atoms with van der Waals surface area (Å²) < 4.78 is 10.0. The molecule has 9 N–H and O–H groups in total. The van der Waals surface area contributed by atoms with Crippen LogP contribution in [0.25, 0.3) is 0 Å². The first-order chi connectivity index (χ1) is 51.8. The summed E-state index contributed by atoms with van der Waals surface area (Å²) in [4.78, 5) is 110. The molecule has 0 unspecified atom stereocenters. The van der Waals surface area contributed by atoms with Gasteiger partial charge < -0.3 is 106 Å². The Balaban J connectivity index is -0.000000158. The second-order valence-corrected chi connectivity index (χ2v) is 30.7. The number of nitrogens with zero attached hydrogens (tertiary/aromatic N) is 15. The number of carboxylic acid groups (broad SMARTS) is 2. The Morgan fingerprint density at radius 1 is 0.321 bits per heavy atom. The zero-order valence-electron chi connectivity index (χ0n) is 78.1. The van der Waals surface area contributed by atoms with E-state index in [4.69, 9.17) is 36.9 Å².